The maximum absolute atomic E-state index is 13.6. The van der Waals surface area contributed by atoms with Crippen LogP contribution in [0.1, 0.15) is 12.8 Å². The number of nitrogens with zero attached hydrogens (tertiary/aromatic N) is 1. The molecule has 1 aliphatic rings. The van der Waals surface area contributed by atoms with Crippen LogP contribution in [-0.2, 0) is 19.3 Å². The van der Waals surface area contributed by atoms with E-state index in [1.807, 2.05) is 36.4 Å². The monoisotopic (exact) mass is 329 g/mol. The van der Waals surface area contributed by atoms with Crippen molar-refractivity contribution in [2.75, 3.05) is 13.2 Å². The molecule has 2 aromatic carbocycles. The average molecular weight is 329 g/mol. The fraction of sp³-hybridized carbons (Fsp3) is 0.278. The molecule has 0 aliphatic carbocycles. The highest BCUT2D eigenvalue weighted by Gasteiger charge is 2.25. The molecule has 1 amide bonds. The maximum atomic E-state index is 13.6. The van der Waals surface area contributed by atoms with Crippen molar-refractivity contribution in [3.05, 3.63) is 60.7 Å². The number of amides is 1. The van der Waals surface area contributed by atoms with Crippen LogP contribution in [0.4, 0.5) is 0 Å². The van der Waals surface area contributed by atoms with Crippen molar-refractivity contribution >= 4 is 15.6 Å². The Bertz CT molecular complexity index is 729. The Morgan fingerprint density at radius 1 is 0.913 bits per heavy atom. The van der Waals surface area contributed by atoms with E-state index in [0.717, 1.165) is 0 Å². The summed E-state index contributed by atoms with van der Waals surface area (Å²) >= 11 is 0. The third kappa shape index (κ3) is 3.51. The van der Waals surface area contributed by atoms with Crippen molar-refractivity contribution < 1.29 is 13.7 Å². The molecule has 1 fully saturated rings. The number of ether oxygens (including phenoxy) is 1. The molecule has 1 saturated heterocycles. The van der Waals surface area contributed by atoms with Crippen LogP contribution in [0.25, 0.3) is 0 Å². The number of carbonyl (C=O) groups excluding carboxylic acids is 1. The highest BCUT2D eigenvalue weighted by atomic mass is 32.2. The van der Waals surface area contributed by atoms with Gasteiger partial charge in [-0.05, 0) is 37.1 Å². The standard InChI is InChI=1S/C18H19NO3S/c20-18(15-11-13-22-14-12-15)19-23(21,16-7-3-1-4-8-16)17-9-5-2-6-10-17/h1-10,15H,11-14H2. The van der Waals surface area contributed by atoms with Crippen LogP contribution in [0.2, 0.25) is 0 Å². The molecule has 0 bridgehead atoms. The summed E-state index contributed by atoms with van der Waals surface area (Å²) in [5.74, 6) is -0.483. The third-order valence-corrected chi connectivity index (χ3v) is 6.17. The van der Waals surface area contributed by atoms with Gasteiger partial charge in [-0.25, -0.2) is 4.21 Å². The van der Waals surface area contributed by atoms with Crippen molar-refractivity contribution in [1.29, 1.82) is 0 Å². The molecular formula is C18H19NO3S. The molecule has 2 aromatic rings. The van der Waals surface area contributed by atoms with Crippen molar-refractivity contribution in [3.8, 4) is 0 Å². The van der Waals surface area contributed by atoms with E-state index in [1.165, 1.54) is 0 Å². The van der Waals surface area contributed by atoms with Gasteiger partial charge in [0.1, 0.15) is 9.73 Å². The minimum atomic E-state index is -2.96. The van der Waals surface area contributed by atoms with Crippen LogP contribution in [0, 0.1) is 5.92 Å². The molecule has 0 saturated carbocycles. The van der Waals surface area contributed by atoms with Crippen molar-refractivity contribution in [3.63, 3.8) is 0 Å². The van der Waals surface area contributed by atoms with Gasteiger partial charge in [0, 0.05) is 19.1 Å². The third-order valence-electron chi connectivity index (χ3n) is 3.91. The lowest BCUT2D eigenvalue weighted by Gasteiger charge is -2.19. The predicted octanol–water partition coefficient (Wildman–Crippen LogP) is 3.53. The summed E-state index contributed by atoms with van der Waals surface area (Å²) in [6.45, 7) is 1.12. The minimum absolute atomic E-state index is 0.197. The van der Waals surface area contributed by atoms with E-state index in [9.17, 15) is 9.00 Å². The Labute approximate surface area is 136 Å². The Hall–Kier alpha value is -1.98. The number of benzene rings is 2. The average Bonchev–Trinajstić information content (AvgIpc) is 2.64. The zero-order chi connectivity index (χ0) is 16.1. The lowest BCUT2D eigenvalue weighted by Crippen LogP contribution is -2.23. The van der Waals surface area contributed by atoms with Crippen molar-refractivity contribution in [2.24, 2.45) is 10.3 Å². The predicted molar refractivity (Wildman–Crippen MR) is 88.5 cm³/mol. The maximum Gasteiger partial charge on any atom is 0.257 e. The van der Waals surface area contributed by atoms with Crippen molar-refractivity contribution in [1.82, 2.24) is 0 Å². The SMILES string of the molecule is O=C(N=S(=O)(c1ccccc1)c1ccccc1)C1CCOCC1. The van der Waals surface area contributed by atoms with Gasteiger partial charge in [-0.1, -0.05) is 36.4 Å². The van der Waals surface area contributed by atoms with Crippen LogP contribution in [-0.4, -0.2) is 23.3 Å². The summed E-state index contributed by atoms with van der Waals surface area (Å²) in [5, 5.41) is 0. The van der Waals surface area contributed by atoms with E-state index in [-0.39, 0.29) is 11.8 Å². The van der Waals surface area contributed by atoms with E-state index >= 15 is 0 Å². The molecule has 3 rings (SSSR count). The molecule has 0 aromatic heterocycles. The highest BCUT2D eigenvalue weighted by molar-refractivity contribution is 7.94. The Morgan fingerprint density at radius 2 is 1.39 bits per heavy atom. The van der Waals surface area contributed by atoms with E-state index in [2.05, 4.69) is 4.36 Å². The first-order chi connectivity index (χ1) is 11.2. The molecule has 0 N–H and O–H groups in total. The summed E-state index contributed by atoms with van der Waals surface area (Å²) in [6, 6.07) is 18.0. The summed E-state index contributed by atoms with van der Waals surface area (Å²) in [4.78, 5) is 13.7. The number of rotatable bonds is 3. The molecule has 0 spiro atoms. The molecule has 0 radical (unpaired) electrons. The first-order valence-corrected chi connectivity index (χ1v) is 9.20. The lowest BCUT2D eigenvalue weighted by molar-refractivity contribution is -0.124. The van der Waals surface area contributed by atoms with Crippen LogP contribution in [0.15, 0.2) is 74.8 Å². The fourth-order valence-corrected chi connectivity index (χ4v) is 4.53. The first kappa shape index (κ1) is 15.9. The molecule has 0 unspecified atom stereocenters. The summed E-state index contributed by atoms with van der Waals surface area (Å²) < 4.78 is 23.1. The molecule has 23 heavy (non-hydrogen) atoms. The minimum Gasteiger partial charge on any atom is -0.381 e. The lowest BCUT2D eigenvalue weighted by atomic mass is 10.0. The molecule has 1 heterocycles. The fourth-order valence-electron chi connectivity index (χ4n) is 2.60. The normalized spacial score (nSPS) is 16.0. The van der Waals surface area contributed by atoms with Gasteiger partial charge < -0.3 is 4.74 Å². The second-order valence-electron chi connectivity index (χ2n) is 5.47. The Morgan fingerprint density at radius 3 is 1.87 bits per heavy atom. The number of hydrogen-bond acceptors (Lipinski definition) is 3. The smallest absolute Gasteiger partial charge is 0.257 e. The van der Waals surface area contributed by atoms with Gasteiger partial charge in [0.15, 0.2) is 0 Å². The molecule has 4 nitrogen and oxygen atoms in total. The van der Waals surface area contributed by atoms with E-state index in [4.69, 9.17) is 4.74 Å². The largest absolute Gasteiger partial charge is 0.381 e. The molecular weight excluding hydrogens is 310 g/mol. The van der Waals surface area contributed by atoms with E-state index in [0.29, 0.717) is 35.8 Å². The van der Waals surface area contributed by atoms with Crippen molar-refractivity contribution in [2.45, 2.75) is 22.6 Å². The Kier molecular flexibility index (Phi) is 4.88. The second kappa shape index (κ2) is 7.06. The summed E-state index contributed by atoms with van der Waals surface area (Å²) in [7, 11) is -2.96. The van der Waals surface area contributed by atoms with Crippen LogP contribution < -0.4 is 0 Å². The number of carbonyl (C=O) groups is 1. The van der Waals surface area contributed by atoms with Crippen LogP contribution in [0.3, 0.4) is 0 Å². The van der Waals surface area contributed by atoms with Gasteiger partial charge in [0.05, 0.1) is 9.79 Å². The van der Waals surface area contributed by atoms with Crippen LogP contribution >= 0.6 is 0 Å². The van der Waals surface area contributed by atoms with E-state index < -0.39 is 9.73 Å². The summed E-state index contributed by atoms with van der Waals surface area (Å²) in [5.41, 5.74) is 0. The zero-order valence-electron chi connectivity index (χ0n) is 12.8. The Balaban J connectivity index is 2.07. The highest BCUT2D eigenvalue weighted by Crippen LogP contribution is 2.25. The van der Waals surface area contributed by atoms with Gasteiger partial charge in [-0.2, -0.15) is 4.36 Å². The number of hydrogen-bond donors (Lipinski definition) is 0. The molecule has 120 valence electrons. The second-order valence-corrected chi connectivity index (χ2v) is 7.65. The molecule has 0 atom stereocenters. The van der Waals surface area contributed by atoms with E-state index in [1.54, 1.807) is 24.3 Å². The van der Waals surface area contributed by atoms with Gasteiger partial charge in [0.2, 0.25) is 0 Å². The molecule has 1 aliphatic heterocycles. The molecule has 5 heteroatoms. The quantitative estimate of drug-likeness (QED) is 0.865. The van der Waals surface area contributed by atoms with Crippen LogP contribution in [0.5, 0.6) is 0 Å². The first-order valence-electron chi connectivity index (χ1n) is 7.69. The van der Waals surface area contributed by atoms with Gasteiger partial charge in [0.25, 0.3) is 5.91 Å². The zero-order valence-corrected chi connectivity index (χ0v) is 13.6. The topological polar surface area (TPSA) is 55.7 Å². The van der Waals surface area contributed by atoms with Gasteiger partial charge in [-0.15, -0.1) is 0 Å². The van der Waals surface area contributed by atoms with Gasteiger partial charge >= 0.3 is 0 Å². The van der Waals surface area contributed by atoms with Gasteiger partial charge in [-0.3, -0.25) is 4.79 Å². The summed E-state index contributed by atoms with van der Waals surface area (Å²) in [6.07, 6.45) is 1.28.